The SMILES string of the molecule is Cc1ccc2nnc(C(C)c3ccc4ncsc4c3)n2n1. The molecule has 0 aliphatic heterocycles. The molecular weight excluding hydrogens is 282 g/mol. The molecule has 1 aromatic carbocycles. The average molecular weight is 295 g/mol. The Morgan fingerprint density at radius 1 is 1.14 bits per heavy atom. The molecule has 0 N–H and O–H groups in total. The van der Waals surface area contributed by atoms with Gasteiger partial charge in [0, 0.05) is 5.92 Å². The summed E-state index contributed by atoms with van der Waals surface area (Å²) < 4.78 is 3.02. The maximum Gasteiger partial charge on any atom is 0.177 e. The molecule has 4 rings (SSSR count). The minimum atomic E-state index is 0.126. The normalized spacial score (nSPS) is 13.0. The summed E-state index contributed by atoms with van der Waals surface area (Å²) in [4.78, 5) is 4.32. The Morgan fingerprint density at radius 2 is 2.05 bits per heavy atom. The maximum absolute atomic E-state index is 4.52. The molecule has 0 aliphatic rings. The van der Waals surface area contributed by atoms with Gasteiger partial charge in [-0.3, -0.25) is 0 Å². The predicted molar refractivity (Wildman–Crippen MR) is 82.7 cm³/mol. The summed E-state index contributed by atoms with van der Waals surface area (Å²) in [5.41, 5.74) is 5.84. The summed E-state index contributed by atoms with van der Waals surface area (Å²) in [6.45, 7) is 4.10. The molecule has 21 heavy (non-hydrogen) atoms. The molecule has 6 heteroatoms. The molecule has 104 valence electrons. The third-order valence-electron chi connectivity index (χ3n) is 3.66. The summed E-state index contributed by atoms with van der Waals surface area (Å²) >= 11 is 1.65. The first-order valence-corrected chi connectivity index (χ1v) is 7.62. The fourth-order valence-electron chi connectivity index (χ4n) is 2.46. The van der Waals surface area contributed by atoms with Crippen LogP contribution in [0.2, 0.25) is 0 Å². The van der Waals surface area contributed by atoms with E-state index in [0.29, 0.717) is 0 Å². The molecule has 0 radical (unpaired) electrons. The lowest BCUT2D eigenvalue weighted by molar-refractivity contribution is 0.743. The lowest BCUT2D eigenvalue weighted by Crippen LogP contribution is -2.05. The van der Waals surface area contributed by atoms with Gasteiger partial charge in [-0.15, -0.1) is 21.5 Å². The zero-order valence-electron chi connectivity index (χ0n) is 11.7. The summed E-state index contributed by atoms with van der Waals surface area (Å²) in [5, 5.41) is 13.0. The van der Waals surface area contributed by atoms with Crippen LogP contribution in [0.1, 0.15) is 29.9 Å². The van der Waals surface area contributed by atoms with Crippen molar-refractivity contribution in [2.75, 3.05) is 0 Å². The van der Waals surface area contributed by atoms with Crippen LogP contribution in [0.4, 0.5) is 0 Å². The molecule has 1 atom stereocenters. The summed E-state index contributed by atoms with van der Waals surface area (Å²) in [7, 11) is 0. The van der Waals surface area contributed by atoms with E-state index in [9.17, 15) is 0 Å². The number of hydrogen-bond acceptors (Lipinski definition) is 5. The molecule has 0 saturated heterocycles. The molecule has 3 aromatic heterocycles. The first-order chi connectivity index (χ1) is 10.2. The van der Waals surface area contributed by atoms with E-state index in [-0.39, 0.29) is 5.92 Å². The molecule has 5 nitrogen and oxygen atoms in total. The Labute approximate surface area is 125 Å². The Bertz CT molecular complexity index is 939. The largest absolute Gasteiger partial charge is 0.245 e. The van der Waals surface area contributed by atoms with Crippen LogP contribution in [0.15, 0.2) is 35.8 Å². The minimum Gasteiger partial charge on any atom is -0.245 e. The van der Waals surface area contributed by atoms with Crippen molar-refractivity contribution in [2.24, 2.45) is 0 Å². The van der Waals surface area contributed by atoms with Gasteiger partial charge in [0.2, 0.25) is 0 Å². The highest BCUT2D eigenvalue weighted by Crippen LogP contribution is 2.27. The Balaban J connectivity index is 1.84. The number of aryl methyl sites for hydroxylation is 1. The fourth-order valence-corrected chi connectivity index (χ4v) is 3.18. The summed E-state index contributed by atoms with van der Waals surface area (Å²) in [6.07, 6.45) is 0. The standard InChI is InChI=1S/C15H13N5S/c1-9-3-6-14-17-18-15(20(14)19-9)10(2)11-4-5-12-13(7-11)21-8-16-12/h3-8,10H,1-2H3. The minimum absolute atomic E-state index is 0.126. The molecule has 0 amide bonds. The van der Waals surface area contributed by atoms with E-state index in [2.05, 4.69) is 45.4 Å². The number of nitrogens with zero attached hydrogens (tertiary/aromatic N) is 5. The van der Waals surface area contributed by atoms with Gasteiger partial charge in [-0.25, -0.2) is 4.98 Å². The van der Waals surface area contributed by atoms with Crippen molar-refractivity contribution in [3.63, 3.8) is 0 Å². The van der Waals surface area contributed by atoms with Crippen LogP contribution < -0.4 is 0 Å². The van der Waals surface area contributed by atoms with E-state index in [1.807, 2.05) is 29.1 Å². The number of fused-ring (bicyclic) bond motifs is 2. The maximum atomic E-state index is 4.52. The van der Waals surface area contributed by atoms with Gasteiger partial charge in [0.25, 0.3) is 0 Å². The molecule has 3 heterocycles. The lowest BCUT2D eigenvalue weighted by atomic mass is 10.0. The van der Waals surface area contributed by atoms with Crippen molar-refractivity contribution in [1.82, 2.24) is 24.8 Å². The zero-order valence-corrected chi connectivity index (χ0v) is 12.5. The van der Waals surface area contributed by atoms with E-state index in [1.165, 1.54) is 10.3 Å². The zero-order chi connectivity index (χ0) is 14.4. The first kappa shape index (κ1) is 12.4. The van der Waals surface area contributed by atoms with Crippen molar-refractivity contribution in [3.05, 3.63) is 52.9 Å². The highest BCUT2D eigenvalue weighted by atomic mass is 32.1. The highest BCUT2D eigenvalue weighted by molar-refractivity contribution is 7.16. The molecular formula is C15H13N5S. The first-order valence-electron chi connectivity index (χ1n) is 6.74. The second kappa shape index (κ2) is 4.60. The lowest BCUT2D eigenvalue weighted by Gasteiger charge is -2.09. The van der Waals surface area contributed by atoms with Crippen LogP contribution in [-0.2, 0) is 0 Å². The Kier molecular flexibility index (Phi) is 2.71. The van der Waals surface area contributed by atoms with Crippen LogP contribution in [0, 0.1) is 6.92 Å². The predicted octanol–water partition coefficient (Wildman–Crippen LogP) is 3.19. The second-order valence-corrected chi connectivity index (χ2v) is 5.99. The van der Waals surface area contributed by atoms with E-state index in [1.54, 1.807) is 11.3 Å². The second-order valence-electron chi connectivity index (χ2n) is 5.10. The van der Waals surface area contributed by atoms with Gasteiger partial charge in [-0.05, 0) is 36.8 Å². The van der Waals surface area contributed by atoms with Crippen molar-refractivity contribution < 1.29 is 0 Å². The van der Waals surface area contributed by atoms with Gasteiger partial charge in [-0.2, -0.15) is 9.61 Å². The van der Waals surface area contributed by atoms with Crippen molar-refractivity contribution >= 4 is 27.2 Å². The molecule has 4 aromatic rings. The van der Waals surface area contributed by atoms with E-state index in [4.69, 9.17) is 0 Å². The topological polar surface area (TPSA) is 56.0 Å². The smallest absolute Gasteiger partial charge is 0.177 e. The molecule has 0 saturated carbocycles. The van der Waals surface area contributed by atoms with Crippen LogP contribution in [0.5, 0.6) is 0 Å². The quantitative estimate of drug-likeness (QED) is 0.570. The number of thiazole rings is 1. The van der Waals surface area contributed by atoms with E-state index >= 15 is 0 Å². The highest BCUT2D eigenvalue weighted by Gasteiger charge is 2.17. The monoisotopic (exact) mass is 295 g/mol. The average Bonchev–Trinajstić information content (AvgIpc) is 3.11. The van der Waals surface area contributed by atoms with E-state index < -0.39 is 0 Å². The molecule has 0 fully saturated rings. The number of rotatable bonds is 2. The summed E-state index contributed by atoms with van der Waals surface area (Å²) in [6, 6.07) is 10.2. The van der Waals surface area contributed by atoms with Gasteiger partial charge < -0.3 is 0 Å². The third kappa shape index (κ3) is 1.99. The van der Waals surface area contributed by atoms with Crippen molar-refractivity contribution in [2.45, 2.75) is 19.8 Å². The molecule has 1 unspecified atom stereocenters. The van der Waals surface area contributed by atoms with Crippen LogP contribution in [-0.4, -0.2) is 24.8 Å². The molecule has 0 bridgehead atoms. The number of benzene rings is 1. The molecule has 0 spiro atoms. The van der Waals surface area contributed by atoms with Crippen molar-refractivity contribution in [3.8, 4) is 0 Å². The fraction of sp³-hybridized carbons (Fsp3) is 0.200. The van der Waals surface area contributed by atoms with E-state index in [0.717, 1.165) is 22.7 Å². The van der Waals surface area contributed by atoms with Crippen LogP contribution in [0.25, 0.3) is 15.9 Å². The summed E-state index contributed by atoms with van der Waals surface area (Å²) in [5.74, 6) is 0.985. The third-order valence-corrected chi connectivity index (χ3v) is 4.45. The van der Waals surface area contributed by atoms with Gasteiger partial charge in [0.15, 0.2) is 11.5 Å². The number of hydrogen-bond donors (Lipinski definition) is 0. The van der Waals surface area contributed by atoms with Crippen LogP contribution >= 0.6 is 11.3 Å². The molecule has 0 aliphatic carbocycles. The number of aromatic nitrogens is 5. The van der Waals surface area contributed by atoms with Gasteiger partial charge >= 0.3 is 0 Å². The van der Waals surface area contributed by atoms with Crippen molar-refractivity contribution in [1.29, 1.82) is 0 Å². The van der Waals surface area contributed by atoms with Gasteiger partial charge in [0.1, 0.15) is 0 Å². The Morgan fingerprint density at radius 3 is 2.95 bits per heavy atom. The van der Waals surface area contributed by atoms with Gasteiger partial charge in [-0.1, -0.05) is 13.0 Å². The van der Waals surface area contributed by atoms with Gasteiger partial charge in [0.05, 0.1) is 21.4 Å². The van der Waals surface area contributed by atoms with Crippen LogP contribution in [0.3, 0.4) is 0 Å². The Hall–Kier alpha value is -2.34.